The summed E-state index contributed by atoms with van der Waals surface area (Å²) in [4.78, 5) is 8.43. The van der Waals surface area contributed by atoms with E-state index >= 15 is 0 Å². The van der Waals surface area contributed by atoms with Gasteiger partial charge in [0.05, 0.1) is 5.75 Å². The Kier molecular flexibility index (Phi) is 4.83. The van der Waals surface area contributed by atoms with E-state index in [4.69, 9.17) is 0 Å². The van der Waals surface area contributed by atoms with Crippen molar-refractivity contribution in [2.24, 2.45) is 0 Å². The van der Waals surface area contributed by atoms with Crippen LogP contribution in [0, 0.1) is 6.92 Å². The van der Waals surface area contributed by atoms with Crippen LogP contribution in [0.5, 0.6) is 0 Å². The zero-order chi connectivity index (χ0) is 12.9. The molecule has 7 heteroatoms. The van der Waals surface area contributed by atoms with Crippen LogP contribution in [0.4, 0.5) is 5.82 Å². The summed E-state index contributed by atoms with van der Waals surface area (Å²) in [7, 11) is -1.77. The maximum atomic E-state index is 11.2. The minimum absolute atomic E-state index is 0.0218. The molecule has 2 N–H and O–H groups in total. The Morgan fingerprint density at radius 2 is 2.06 bits per heavy atom. The normalized spacial score (nSPS) is 11.5. The van der Waals surface area contributed by atoms with E-state index < -0.39 is 10.0 Å². The molecule has 0 saturated heterocycles. The lowest BCUT2D eigenvalue weighted by molar-refractivity contribution is 0.588. The molecule has 0 unspecified atom stereocenters. The Labute approximate surface area is 102 Å². The second-order valence-corrected chi connectivity index (χ2v) is 5.64. The molecule has 0 aliphatic carbocycles. The molecule has 0 saturated carbocycles. The molecule has 17 heavy (non-hydrogen) atoms. The molecule has 0 aliphatic rings. The van der Waals surface area contributed by atoms with Crippen molar-refractivity contribution in [2.45, 2.75) is 20.3 Å². The van der Waals surface area contributed by atoms with E-state index in [9.17, 15) is 8.42 Å². The molecule has 1 heterocycles. The van der Waals surface area contributed by atoms with E-state index in [0.717, 1.165) is 12.1 Å². The van der Waals surface area contributed by atoms with Gasteiger partial charge in [0.1, 0.15) is 11.6 Å². The molecule has 1 aromatic heterocycles. The van der Waals surface area contributed by atoms with Crippen LogP contribution in [0.2, 0.25) is 0 Å². The van der Waals surface area contributed by atoms with Gasteiger partial charge in [0.15, 0.2) is 0 Å². The van der Waals surface area contributed by atoms with Gasteiger partial charge in [-0.05, 0) is 20.4 Å². The molecule has 0 spiro atoms. The number of anilines is 1. The van der Waals surface area contributed by atoms with Crippen LogP contribution in [0.15, 0.2) is 6.07 Å². The first-order valence-corrected chi connectivity index (χ1v) is 7.11. The highest BCUT2D eigenvalue weighted by Crippen LogP contribution is 2.06. The molecule has 0 atom stereocenters. The molecule has 6 nitrogen and oxygen atoms in total. The number of rotatable bonds is 6. The molecule has 0 amide bonds. The number of nitrogens with one attached hydrogen (secondary N) is 2. The molecule has 0 aromatic carbocycles. The number of aryl methyl sites for hydroxylation is 2. The highest BCUT2D eigenvalue weighted by atomic mass is 32.2. The summed E-state index contributed by atoms with van der Waals surface area (Å²) >= 11 is 0. The third kappa shape index (κ3) is 4.66. The molecule has 0 fully saturated rings. The monoisotopic (exact) mass is 258 g/mol. The van der Waals surface area contributed by atoms with E-state index in [1.165, 1.54) is 7.05 Å². The van der Waals surface area contributed by atoms with Gasteiger partial charge in [0.2, 0.25) is 10.0 Å². The van der Waals surface area contributed by atoms with E-state index in [1.54, 1.807) is 0 Å². The zero-order valence-corrected chi connectivity index (χ0v) is 11.1. The smallest absolute Gasteiger partial charge is 0.213 e. The van der Waals surface area contributed by atoms with Crippen molar-refractivity contribution >= 4 is 15.8 Å². The van der Waals surface area contributed by atoms with Crippen LogP contribution in [0.3, 0.4) is 0 Å². The van der Waals surface area contributed by atoms with Crippen LogP contribution in [-0.2, 0) is 16.4 Å². The van der Waals surface area contributed by atoms with Crippen molar-refractivity contribution in [2.75, 3.05) is 24.7 Å². The van der Waals surface area contributed by atoms with Crippen LogP contribution >= 0.6 is 0 Å². The first-order chi connectivity index (χ1) is 7.96. The number of nitrogens with zero attached hydrogens (tertiary/aromatic N) is 2. The van der Waals surface area contributed by atoms with Gasteiger partial charge in [-0.25, -0.2) is 23.1 Å². The molecule has 0 radical (unpaired) electrons. The van der Waals surface area contributed by atoms with E-state index in [2.05, 4.69) is 20.0 Å². The van der Waals surface area contributed by atoms with Gasteiger partial charge in [0, 0.05) is 18.3 Å². The fraction of sp³-hybridized carbons (Fsp3) is 0.600. The lowest BCUT2D eigenvalue weighted by Gasteiger charge is -2.07. The SMILES string of the molecule is CCc1cc(NCCS(=O)(=O)NC)nc(C)n1. The topological polar surface area (TPSA) is 84.0 Å². The van der Waals surface area contributed by atoms with Crippen LogP contribution in [0.25, 0.3) is 0 Å². The number of hydrogen-bond acceptors (Lipinski definition) is 5. The summed E-state index contributed by atoms with van der Waals surface area (Å²) < 4.78 is 24.7. The fourth-order valence-electron chi connectivity index (χ4n) is 1.32. The van der Waals surface area contributed by atoms with Gasteiger partial charge in [-0.2, -0.15) is 0 Å². The van der Waals surface area contributed by atoms with Crippen LogP contribution in [0.1, 0.15) is 18.4 Å². The molecular weight excluding hydrogens is 240 g/mol. The minimum Gasteiger partial charge on any atom is -0.369 e. The molecule has 0 bridgehead atoms. The van der Waals surface area contributed by atoms with Crippen molar-refractivity contribution in [1.82, 2.24) is 14.7 Å². The highest BCUT2D eigenvalue weighted by Gasteiger charge is 2.06. The number of hydrogen-bond donors (Lipinski definition) is 2. The Hall–Kier alpha value is -1.21. The average Bonchev–Trinajstić information content (AvgIpc) is 2.28. The quantitative estimate of drug-likeness (QED) is 0.767. The van der Waals surface area contributed by atoms with Crippen molar-refractivity contribution in [1.29, 1.82) is 0 Å². The van der Waals surface area contributed by atoms with Gasteiger partial charge in [-0.3, -0.25) is 0 Å². The minimum atomic E-state index is -3.17. The predicted molar refractivity (Wildman–Crippen MR) is 67.5 cm³/mol. The first kappa shape index (κ1) is 13.9. The predicted octanol–water partition coefficient (Wildman–Crippen LogP) is 0.309. The molecule has 96 valence electrons. The van der Waals surface area contributed by atoms with E-state index in [1.807, 2.05) is 19.9 Å². The summed E-state index contributed by atoms with van der Waals surface area (Å²) in [5, 5.41) is 2.98. The van der Waals surface area contributed by atoms with E-state index in [0.29, 0.717) is 18.2 Å². The Morgan fingerprint density at radius 3 is 2.65 bits per heavy atom. The van der Waals surface area contributed by atoms with Gasteiger partial charge in [-0.1, -0.05) is 6.92 Å². The summed E-state index contributed by atoms with van der Waals surface area (Å²) in [5.74, 6) is 1.37. The van der Waals surface area contributed by atoms with Crippen molar-refractivity contribution in [3.8, 4) is 0 Å². The summed E-state index contributed by atoms with van der Waals surface area (Å²) in [6.45, 7) is 4.15. The highest BCUT2D eigenvalue weighted by molar-refractivity contribution is 7.89. The Balaban J connectivity index is 2.61. The average molecular weight is 258 g/mol. The number of aromatic nitrogens is 2. The molecule has 1 rings (SSSR count). The Morgan fingerprint density at radius 1 is 1.35 bits per heavy atom. The molecule has 0 aliphatic heterocycles. The van der Waals surface area contributed by atoms with Gasteiger partial charge in [0.25, 0.3) is 0 Å². The summed E-state index contributed by atoms with van der Waals surface area (Å²) in [6.07, 6.45) is 0.826. The second kappa shape index (κ2) is 5.92. The maximum absolute atomic E-state index is 11.2. The first-order valence-electron chi connectivity index (χ1n) is 5.46. The van der Waals surface area contributed by atoms with Gasteiger partial charge < -0.3 is 5.32 Å². The standard InChI is InChI=1S/C10H18N4O2S/c1-4-9-7-10(14-8(2)13-9)12-5-6-17(15,16)11-3/h7,11H,4-6H2,1-3H3,(H,12,13,14). The molecular formula is C10H18N4O2S. The molecule has 1 aromatic rings. The number of sulfonamides is 1. The fourth-order valence-corrected chi connectivity index (χ4v) is 1.89. The van der Waals surface area contributed by atoms with Crippen molar-refractivity contribution in [3.05, 3.63) is 17.6 Å². The van der Waals surface area contributed by atoms with Gasteiger partial charge in [-0.15, -0.1) is 0 Å². The van der Waals surface area contributed by atoms with Crippen LogP contribution < -0.4 is 10.0 Å². The van der Waals surface area contributed by atoms with E-state index in [-0.39, 0.29) is 5.75 Å². The van der Waals surface area contributed by atoms with Gasteiger partial charge >= 0.3 is 0 Å². The maximum Gasteiger partial charge on any atom is 0.213 e. The van der Waals surface area contributed by atoms with Crippen molar-refractivity contribution in [3.63, 3.8) is 0 Å². The largest absolute Gasteiger partial charge is 0.369 e. The lowest BCUT2D eigenvalue weighted by atomic mass is 10.3. The summed E-state index contributed by atoms with van der Waals surface area (Å²) in [6, 6.07) is 1.83. The van der Waals surface area contributed by atoms with Crippen LogP contribution in [-0.4, -0.2) is 37.7 Å². The third-order valence-electron chi connectivity index (χ3n) is 2.24. The summed E-state index contributed by atoms with van der Waals surface area (Å²) in [5.41, 5.74) is 0.941. The zero-order valence-electron chi connectivity index (χ0n) is 10.3. The second-order valence-electron chi connectivity index (χ2n) is 3.60. The van der Waals surface area contributed by atoms with Crippen molar-refractivity contribution < 1.29 is 8.42 Å². The Bertz CT molecular complexity index is 473. The lowest BCUT2D eigenvalue weighted by Crippen LogP contribution is -2.26. The third-order valence-corrected chi connectivity index (χ3v) is 3.60.